The Bertz CT molecular complexity index is 1210. The van der Waals surface area contributed by atoms with Gasteiger partial charge in [0.1, 0.15) is 5.70 Å². The molecule has 0 fully saturated rings. The maximum atomic E-state index is 13.6. The molecular weight excluding hydrogens is 410 g/mol. The number of rotatable bonds is 7. The van der Waals surface area contributed by atoms with E-state index in [1.807, 2.05) is 86.6 Å². The molecule has 0 bridgehead atoms. The van der Waals surface area contributed by atoms with Gasteiger partial charge in [0, 0.05) is 24.5 Å². The van der Waals surface area contributed by atoms with Crippen molar-refractivity contribution in [2.75, 3.05) is 28.2 Å². The van der Waals surface area contributed by atoms with Gasteiger partial charge in [0.2, 0.25) is 0 Å². The minimum atomic E-state index is -0.347. The Labute approximate surface area is 195 Å². The zero-order chi connectivity index (χ0) is 23.5. The lowest BCUT2D eigenvalue weighted by molar-refractivity contribution is -0.120. The number of aryl methyl sites for hydroxylation is 1. The van der Waals surface area contributed by atoms with Gasteiger partial charge >= 0.3 is 0 Å². The van der Waals surface area contributed by atoms with Crippen LogP contribution in [0.15, 0.2) is 78.5 Å². The molecule has 33 heavy (non-hydrogen) atoms. The molecule has 0 radical (unpaired) electrons. The summed E-state index contributed by atoms with van der Waals surface area (Å²) in [6.07, 6.45) is 0. The number of amides is 2. The van der Waals surface area contributed by atoms with Crippen LogP contribution in [-0.4, -0.2) is 24.9 Å². The van der Waals surface area contributed by atoms with E-state index in [-0.39, 0.29) is 11.8 Å². The van der Waals surface area contributed by atoms with Gasteiger partial charge in [0.05, 0.1) is 11.3 Å². The lowest BCUT2D eigenvalue weighted by atomic mass is 10.0. The molecule has 1 aliphatic heterocycles. The Hall–Kier alpha value is -3.86. The molecule has 168 valence electrons. The summed E-state index contributed by atoms with van der Waals surface area (Å²) < 4.78 is 0. The highest BCUT2D eigenvalue weighted by Gasteiger charge is 2.40. The van der Waals surface area contributed by atoms with Gasteiger partial charge in [0.15, 0.2) is 0 Å². The fraction of sp³-hybridized carbons (Fsp3) is 0.214. The fourth-order valence-corrected chi connectivity index (χ4v) is 4.20. The monoisotopic (exact) mass is 439 g/mol. The average molecular weight is 440 g/mol. The zero-order valence-corrected chi connectivity index (χ0v) is 19.6. The number of carbonyl (C=O) groups is 2. The van der Waals surface area contributed by atoms with E-state index in [1.54, 1.807) is 0 Å². The molecule has 1 heterocycles. The summed E-state index contributed by atoms with van der Waals surface area (Å²) in [5, 5.41) is 3.25. The van der Waals surface area contributed by atoms with Crippen molar-refractivity contribution in [2.24, 2.45) is 0 Å². The molecule has 5 heteroatoms. The number of hydrogen-bond donors (Lipinski definition) is 1. The highest BCUT2D eigenvalue weighted by molar-refractivity contribution is 6.46. The van der Waals surface area contributed by atoms with E-state index in [9.17, 15) is 9.59 Å². The van der Waals surface area contributed by atoms with Crippen LogP contribution in [0.3, 0.4) is 0 Å². The van der Waals surface area contributed by atoms with E-state index in [1.165, 1.54) is 4.90 Å². The van der Waals surface area contributed by atoms with E-state index in [2.05, 4.69) is 24.1 Å². The summed E-state index contributed by atoms with van der Waals surface area (Å²) in [6, 6.07) is 23.0. The third-order valence-corrected chi connectivity index (χ3v) is 6.23. The first kappa shape index (κ1) is 22.3. The van der Waals surface area contributed by atoms with E-state index in [0.717, 1.165) is 35.6 Å². The Morgan fingerprint density at radius 1 is 0.788 bits per heavy atom. The molecule has 5 nitrogen and oxygen atoms in total. The highest BCUT2D eigenvalue weighted by atomic mass is 16.2. The van der Waals surface area contributed by atoms with Crippen LogP contribution < -0.4 is 15.1 Å². The summed E-state index contributed by atoms with van der Waals surface area (Å²) in [6.45, 7) is 10.0. The second-order valence-electron chi connectivity index (χ2n) is 8.12. The van der Waals surface area contributed by atoms with Gasteiger partial charge in [0.25, 0.3) is 11.8 Å². The largest absolute Gasteiger partial charge is 0.372 e. The van der Waals surface area contributed by atoms with Crippen LogP contribution in [0.2, 0.25) is 0 Å². The predicted octanol–water partition coefficient (Wildman–Crippen LogP) is 5.55. The quantitative estimate of drug-likeness (QED) is 0.491. The Balaban J connectivity index is 1.76. The molecule has 0 spiro atoms. The average Bonchev–Trinajstić information content (AvgIpc) is 3.07. The molecule has 2 amide bonds. The van der Waals surface area contributed by atoms with Crippen molar-refractivity contribution in [1.29, 1.82) is 0 Å². The third-order valence-electron chi connectivity index (χ3n) is 6.23. The van der Waals surface area contributed by atoms with E-state index in [4.69, 9.17) is 0 Å². The minimum Gasteiger partial charge on any atom is -0.372 e. The number of nitrogens with one attached hydrogen (secondary N) is 1. The Morgan fingerprint density at radius 2 is 1.45 bits per heavy atom. The molecule has 0 saturated heterocycles. The first-order chi connectivity index (χ1) is 16.0. The lowest BCUT2D eigenvalue weighted by Gasteiger charge is -2.21. The molecule has 0 aromatic heterocycles. The number of carbonyl (C=O) groups excluding carboxylic acids is 2. The molecule has 0 aliphatic carbocycles. The van der Waals surface area contributed by atoms with Crippen molar-refractivity contribution in [1.82, 2.24) is 0 Å². The van der Waals surface area contributed by atoms with Crippen molar-refractivity contribution < 1.29 is 9.59 Å². The standard InChI is InChI=1S/C28H29N3O2/c1-5-30(6-2)23-17-15-22(16-18-23)29-26-25(21-12-8-7-9-13-21)27(32)31(28(26)33)24-14-10-11-19(3)20(24)4/h7-18,29H,5-6H2,1-4H3. The first-order valence-corrected chi connectivity index (χ1v) is 11.3. The normalized spacial score (nSPS) is 13.6. The van der Waals surface area contributed by atoms with Crippen LogP contribution in [0, 0.1) is 13.8 Å². The van der Waals surface area contributed by atoms with Crippen molar-refractivity contribution in [3.63, 3.8) is 0 Å². The van der Waals surface area contributed by atoms with Crippen molar-refractivity contribution in [2.45, 2.75) is 27.7 Å². The SMILES string of the molecule is CCN(CC)c1ccc(NC2=C(c3ccccc3)C(=O)N(c3cccc(C)c3C)C2=O)cc1. The topological polar surface area (TPSA) is 52.7 Å². The van der Waals surface area contributed by atoms with Crippen LogP contribution in [-0.2, 0) is 9.59 Å². The number of imide groups is 1. The van der Waals surface area contributed by atoms with Gasteiger partial charge in [-0.15, -0.1) is 0 Å². The van der Waals surface area contributed by atoms with Gasteiger partial charge < -0.3 is 10.2 Å². The number of anilines is 3. The van der Waals surface area contributed by atoms with Crippen LogP contribution in [0.5, 0.6) is 0 Å². The molecule has 3 aromatic carbocycles. The van der Waals surface area contributed by atoms with E-state index >= 15 is 0 Å². The molecule has 4 rings (SSSR count). The summed E-state index contributed by atoms with van der Waals surface area (Å²) >= 11 is 0. The Kier molecular flexibility index (Phi) is 6.31. The highest BCUT2D eigenvalue weighted by Crippen LogP contribution is 2.35. The van der Waals surface area contributed by atoms with Gasteiger partial charge in [-0.25, -0.2) is 4.90 Å². The second kappa shape index (κ2) is 9.33. The molecule has 3 aromatic rings. The Morgan fingerprint density at radius 3 is 2.09 bits per heavy atom. The van der Waals surface area contributed by atoms with Gasteiger partial charge in [-0.05, 0) is 74.7 Å². The number of benzene rings is 3. The van der Waals surface area contributed by atoms with Crippen LogP contribution >= 0.6 is 0 Å². The maximum Gasteiger partial charge on any atom is 0.282 e. The molecular formula is C28H29N3O2. The third kappa shape index (κ3) is 4.14. The van der Waals surface area contributed by atoms with Crippen molar-refractivity contribution in [3.8, 4) is 0 Å². The van der Waals surface area contributed by atoms with Crippen molar-refractivity contribution >= 4 is 34.4 Å². The molecule has 0 atom stereocenters. The molecule has 0 unspecified atom stereocenters. The summed E-state index contributed by atoms with van der Waals surface area (Å²) in [5.41, 5.74) is 5.83. The maximum absolute atomic E-state index is 13.6. The zero-order valence-electron chi connectivity index (χ0n) is 19.6. The summed E-state index contributed by atoms with van der Waals surface area (Å²) in [4.78, 5) is 30.8. The smallest absolute Gasteiger partial charge is 0.282 e. The van der Waals surface area contributed by atoms with Crippen molar-refractivity contribution in [3.05, 3.63) is 95.2 Å². The summed E-state index contributed by atoms with van der Waals surface area (Å²) in [5.74, 6) is -0.664. The fourth-order valence-electron chi connectivity index (χ4n) is 4.20. The molecule has 0 saturated carbocycles. The number of nitrogens with zero attached hydrogens (tertiary/aromatic N) is 2. The molecule has 1 N–H and O–H groups in total. The van der Waals surface area contributed by atoms with Crippen LogP contribution in [0.1, 0.15) is 30.5 Å². The lowest BCUT2D eigenvalue weighted by Crippen LogP contribution is -2.33. The van der Waals surface area contributed by atoms with Gasteiger partial charge in [-0.2, -0.15) is 0 Å². The molecule has 1 aliphatic rings. The van der Waals surface area contributed by atoms with Crippen LogP contribution in [0.4, 0.5) is 17.1 Å². The summed E-state index contributed by atoms with van der Waals surface area (Å²) in [7, 11) is 0. The first-order valence-electron chi connectivity index (χ1n) is 11.3. The van der Waals surface area contributed by atoms with Gasteiger partial charge in [-0.1, -0.05) is 42.5 Å². The number of hydrogen-bond acceptors (Lipinski definition) is 4. The van der Waals surface area contributed by atoms with E-state index in [0.29, 0.717) is 22.5 Å². The van der Waals surface area contributed by atoms with E-state index < -0.39 is 0 Å². The van der Waals surface area contributed by atoms with Crippen LogP contribution in [0.25, 0.3) is 5.57 Å². The second-order valence-corrected chi connectivity index (χ2v) is 8.12. The van der Waals surface area contributed by atoms with Gasteiger partial charge in [-0.3, -0.25) is 9.59 Å². The predicted molar refractivity (Wildman–Crippen MR) is 135 cm³/mol. The minimum absolute atomic E-state index is 0.294.